The zero-order valence-electron chi connectivity index (χ0n) is 17.7. The van der Waals surface area contributed by atoms with Gasteiger partial charge in [0.15, 0.2) is 11.5 Å². The highest BCUT2D eigenvalue weighted by atomic mass is 16.5. The number of rotatable bonds is 17. The van der Waals surface area contributed by atoms with Gasteiger partial charge in [0, 0.05) is 0 Å². The van der Waals surface area contributed by atoms with Gasteiger partial charge in [0.25, 0.3) is 0 Å². The molecular formula is C24H42O2. The van der Waals surface area contributed by atoms with Crippen molar-refractivity contribution >= 4 is 0 Å². The Hall–Kier alpha value is -1.18. The highest BCUT2D eigenvalue weighted by Crippen LogP contribution is 2.31. The molecule has 1 aromatic carbocycles. The van der Waals surface area contributed by atoms with E-state index < -0.39 is 0 Å². The van der Waals surface area contributed by atoms with Crippen molar-refractivity contribution in [3.8, 4) is 11.5 Å². The first-order valence-corrected chi connectivity index (χ1v) is 11.0. The van der Waals surface area contributed by atoms with Gasteiger partial charge >= 0.3 is 0 Å². The molecule has 0 aliphatic rings. The van der Waals surface area contributed by atoms with E-state index in [9.17, 15) is 0 Å². The van der Waals surface area contributed by atoms with Gasteiger partial charge in [-0.2, -0.15) is 0 Å². The molecule has 26 heavy (non-hydrogen) atoms. The number of hydrogen-bond acceptors (Lipinski definition) is 2. The van der Waals surface area contributed by atoms with Crippen molar-refractivity contribution in [1.29, 1.82) is 0 Å². The summed E-state index contributed by atoms with van der Waals surface area (Å²) >= 11 is 0. The number of para-hydroxylation sites is 1. The van der Waals surface area contributed by atoms with Gasteiger partial charge in [0.1, 0.15) is 0 Å². The van der Waals surface area contributed by atoms with Crippen molar-refractivity contribution in [2.75, 3.05) is 14.2 Å². The van der Waals surface area contributed by atoms with E-state index in [0.717, 1.165) is 17.9 Å². The van der Waals surface area contributed by atoms with Gasteiger partial charge in [-0.25, -0.2) is 0 Å². The number of methoxy groups -OCH3 is 2. The quantitative estimate of drug-likeness (QED) is 0.264. The summed E-state index contributed by atoms with van der Waals surface area (Å²) in [4.78, 5) is 0. The second-order valence-electron chi connectivity index (χ2n) is 7.50. The molecule has 0 radical (unpaired) electrons. The van der Waals surface area contributed by atoms with E-state index in [4.69, 9.17) is 9.47 Å². The lowest BCUT2D eigenvalue weighted by Gasteiger charge is -2.12. The van der Waals surface area contributed by atoms with Crippen molar-refractivity contribution in [3.63, 3.8) is 0 Å². The first kappa shape index (κ1) is 22.9. The molecule has 2 heteroatoms. The summed E-state index contributed by atoms with van der Waals surface area (Å²) in [6.45, 7) is 2.29. The summed E-state index contributed by atoms with van der Waals surface area (Å²) in [5.41, 5.74) is 1.27. The fourth-order valence-corrected chi connectivity index (χ4v) is 3.66. The summed E-state index contributed by atoms with van der Waals surface area (Å²) in [6, 6.07) is 6.18. The maximum atomic E-state index is 5.51. The molecule has 0 amide bonds. The van der Waals surface area contributed by atoms with Crippen LogP contribution in [0.25, 0.3) is 0 Å². The molecule has 0 spiro atoms. The highest BCUT2D eigenvalue weighted by Gasteiger charge is 2.08. The first-order valence-electron chi connectivity index (χ1n) is 11.0. The molecule has 150 valence electrons. The number of aryl methyl sites for hydroxylation is 1. The molecule has 0 aliphatic carbocycles. The van der Waals surface area contributed by atoms with E-state index in [-0.39, 0.29) is 0 Å². The van der Waals surface area contributed by atoms with E-state index in [1.807, 2.05) is 6.07 Å². The van der Waals surface area contributed by atoms with E-state index in [1.165, 1.54) is 95.5 Å². The average molecular weight is 363 g/mol. The molecule has 1 rings (SSSR count). The van der Waals surface area contributed by atoms with Crippen molar-refractivity contribution in [1.82, 2.24) is 0 Å². The fourth-order valence-electron chi connectivity index (χ4n) is 3.66. The zero-order chi connectivity index (χ0) is 18.9. The summed E-state index contributed by atoms with van der Waals surface area (Å²) in [6.07, 6.45) is 20.7. The fraction of sp³-hybridized carbons (Fsp3) is 0.750. The molecule has 0 fully saturated rings. The normalized spacial score (nSPS) is 10.9. The lowest BCUT2D eigenvalue weighted by Crippen LogP contribution is -1.96. The number of unbranched alkanes of at least 4 members (excludes halogenated alkanes) is 13. The van der Waals surface area contributed by atoms with Crippen LogP contribution in [0.2, 0.25) is 0 Å². The SMILES string of the molecule is CCCCCCCCCCCCCCCCc1cccc(OC)c1OC. The number of benzene rings is 1. The van der Waals surface area contributed by atoms with E-state index in [1.54, 1.807) is 14.2 Å². The third-order valence-corrected chi connectivity index (χ3v) is 5.28. The van der Waals surface area contributed by atoms with Gasteiger partial charge in [-0.1, -0.05) is 103 Å². The lowest BCUT2D eigenvalue weighted by molar-refractivity contribution is 0.351. The van der Waals surface area contributed by atoms with Gasteiger partial charge in [-0.15, -0.1) is 0 Å². The van der Waals surface area contributed by atoms with E-state index >= 15 is 0 Å². The Morgan fingerprint density at radius 2 is 1.12 bits per heavy atom. The van der Waals surface area contributed by atoms with Crippen molar-refractivity contribution in [2.45, 2.75) is 103 Å². The molecule has 2 nitrogen and oxygen atoms in total. The maximum absolute atomic E-state index is 5.51. The molecule has 0 heterocycles. The average Bonchev–Trinajstić information content (AvgIpc) is 2.67. The Balaban J connectivity index is 1.95. The minimum absolute atomic E-state index is 0.843. The third-order valence-electron chi connectivity index (χ3n) is 5.28. The Morgan fingerprint density at radius 3 is 1.58 bits per heavy atom. The second kappa shape index (κ2) is 16.0. The lowest BCUT2D eigenvalue weighted by atomic mass is 10.0. The predicted octanol–water partition coefficient (Wildman–Crippen LogP) is 7.73. The molecule has 0 saturated heterocycles. The van der Waals surface area contributed by atoms with Gasteiger partial charge in [-0.3, -0.25) is 0 Å². The largest absolute Gasteiger partial charge is 0.493 e. The topological polar surface area (TPSA) is 18.5 Å². The number of ether oxygens (including phenoxy) is 2. The van der Waals surface area contributed by atoms with Crippen LogP contribution in [0.3, 0.4) is 0 Å². The van der Waals surface area contributed by atoms with Crippen LogP contribution in [0.4, 0.5) is 0 Å². The standard InChI is InChI=1S/C24H42O2/c1-4-5-6-7-8-9-10-11-12-13-14-15-16-17-19-22-20-18-21-23(25-2)24(22)26-3/h18,20-21H,4-17,19H2,1-3H3. The summed E-state index contributed by atoms with van der Waals surface area (Å²) in [5.74, 6) is 1.75. The molecule has 0 atom stereocenters. The highest BCUT2D eigenvalue weighted by molar-refractivity contribution is 5.46. The first-order chi connectivity index (χ1) is 12.8. The van der Waals surface area contributed by atoms with Gasteiger partial charge < -0.3 is 9.47 Å². The monoisotopic (exact) mass is 362 g/mol. The van der Waals surface area contributed by atoms with Crippen LogP contribution in [-0.4, -0.2) is 14.2 Å². The van der Waals surface area contributed by atoms with Crippen LogP contribution in [0, 0.1) is 0 Å². The van der Waals surface area contributed by atoms with Crippen LogP contribution in [0.1, 0.15) is 102 Å². The van der Waals surface area contributed by atoms with Crippen LogP contribution in [-0.2, 0) is 6.42 Å². The van der Waals surface area contributed by atoms with E-state index in [0.29, 0.717) is 0 Å². The summed E-state index contributed by atoms with van der Waals surface area (Å²) < 4.78 is 10.9. The molecule has 0 unspecified atom stereocenters. The van der Waals surface area contributed by atoms with Gasteiger partial charge in [0.2, 0.25) is 0 Å². The molecule has 0 N–H and O–H groups in total. The van der Waals surface area contributed by atoms with Crippen LogP contribution >= 0.6 is 0 Å². The molecule has 0 aromatic heterocycles. The van der Waals surface area contributed by atoms with Gasteiger partial charge in [-0.05, 0) is 24.5 Å². The minimum Gasteiger partial charge on any atom is -0.493 e. The molecule has 1 aromatic rings. The Bertz CT molecular complexity index is 442. The maximum Gasteiger partial charge on any atom is 0.163 e. The van der Waals surface area contributed by atoms with Crippen LogP contribution < -0.4 is 9.47 Å². The zero-order valence-corrected chi connectivity index (χ0v) is 17.7. The van der Waals surface area contributed by atoms with E-state index in [2.05, 4.69) is 19.1 Å². The van der Waals surface area contributed by atoms with Crippen LogP contribution in [0.5, 0.6) is 11.5 Å². The van der Waals surface area contributed by atoms with Crippen LogP contribution in [0.15, 0.2) is 18.2 Å². The molecular weight excluding hydrogens is 320 g/mol. The second-order valence-corrected chi connectivity index (χ2v) is 7.50. The molecule has 0 saturated carbocycles. The Kier molecular flexibility index (Phi) is 14.1. The summed E-state index contributed by atoms with van der Waals surface area (Å²) in [5, 5.41) is 0. The Labute approximate surface area is 162 Å². The van der Waals surface area contributed by atoms with Crippen molar-refractivity contribution < 1.29 is 9.47 Å². The van der Waals surface area contributed by atoms with Crippen molar-refractivity contribution in [2.24, 2.45) is 0 Å². The summed E-state index contributed by atoms with van der Waals surface area (Å²) in [7, 11) is 3.43. The van der Waals surface area contributed by atoms with Crippen molar-refractivity contribution in [3.05, 3.63) is 23.8 Å². The minimum atomic E-state index is 0.843. The smallest absolute Gasteiger partial charge is 0.163 e. The molecule has 0 bridgehead atoms. The van der Waals surface area contributed by atoms with Gasteiger partial charge in [0.05, 0.1) is 14.2 Å². The third kappa shape index (κ3) is 10.1. The predicted molar refractivity (Wildman–Crippen MR) is 114 cm³/mol. The number of hydrogen-bond donors (Lipinski definition) is 0. The Morgan fingerprint density at radius 1 is 0.615 bits per heavy atom. The molecule has 0 aliphatic heterocycles.